The van der Waals surface area contributed by atoms with E-state index in [1.54, 1.807) is 11.9 Å². The second kappa shape index (κ2) is 9.04. The van der Waals surface area contributed by atoms with Crippen LogP contribution in [-0.4, -0.2) is 54.8 Å². The maximum atomic E-state index is 12.5. The molecular weight excluding hydrogens is 356 g/mol. The van der Waals surface area contributed by atoms with Crippen LogP contribution in [0.1, 0.15) is 44.9 Å². The summed E-state index contributed by atoms with van der Waals surface area (Å²) in [6, 6.07) is -0.168. The molecule has 0 aromatic carbocycles. The van der Waals surface area contributed by atoms with Crippen LogP contribution in [-0.2, 0) is 14.4 Å². The number of hydrogen-bond donors (Lipinski definition) is 3. The molecule has 7 nitrogen and oxygen atoms in total. The maximum absolute atomic E-state index is 12.5. The van der Waals surface area contributed by atoms with Gasteiger partial charge in [0.25, 0.3) is 0 Å². The van der Waals surface area contributed by atoms with Crippen molar-refractivity contribution < 1.29 is 14.4 Å². The Morgan fingerprint density at radius 1 is 1.04 bits per heavy atom. The Labute approximate surface area is 161 Å². The van der Waals surface area contributed by atoms with E-state index in [2.05, 4.69) is 10.6 Å². The Bertz CT molecular complexity index is 531. The summed E-state index contributed by atoms with van der Waals surface area (Å²) in [6.07, 6.45) is 6.62. The number of carbonyl (C=O) groups is 3. The minimum Gasteiger partial charge on any atom is -0.357 e. The third-order valence-corrected chi connectivity index (χ3v) is 6.32. The summed E-state index contributed by atoms with van der Waals surface area (Å²) in [5.41, 5.74) is 6.28. The molecule has 4 N–H and O–H groups in total. The van der Waals surface area contributed by atoms with Crippen molar-refractivity contribution in [2.24, 2.45) is 23.5 Å². The lowest BCUT2D eigenvalue weighted by molar-refractivity contribution is -0.139. The van der Waals surface area contributed by atoms with Crippen LogP contribution in [0.25, 0.3) is 0 Å². The third kappa shape index (κ3) is 4.31. The first-order valence-corrected chi connectivity index (χ1v) is 9.55. The molecule has 3 amide bonds. The van der Waals surface area contributed by atoms with Crippen molar-refractivity contribution in [3.63, 3.8) is 0 Å². The van der Waals surface area contributed by atoms with Crippen molar-refractivity contribution in [3.05, 3.63) is 0 Å². The van der Waals surface area contributed by atoms with Gasteiger partial charge in [0, 0.05) is 25.6 Å². The molecule has 3 rings (SSSR count). The first-order valence-electron chi connectivity index (χ1n) is 9.55. The molecule has 1 heterocycles. The molecule has 0 radical (unpaired) electrons. The maximum Gasteiger partial charge on any atom is 0.242 e. The van der Waals surface area contributed by atoms with Gasteiger partial charge in [-0.25, -0.2) is 0 Å². The number of nitrogens with zero attached hydrogens (tertiary/aromatic N) is 1. The quantitative estimate of drug-likeness (QED) is 0.651. The van der Waals surface area contributed by atoms with Gasteiger partial charge < -0.3 is 21.3 Å². The van der Waals surface area contributed by atoms with Gasteiger partial charge in [0.2, 0.25) is 17.7 Å². The van der Waals surface area contributed by atoms with Crippen LogP contribution in [0.5, 0.6) is 0 Å². The van der Waals surface area contributed by atoms with E-state index in [0.717, 1.165) is 32.1 Å². The number of hydrogen-bond acceptors (Lipinski definition) is 4. The molecular formula is C18H31ClN4O3. The highest BCUT2D eigenvalue weighted by molar-refractivity contribution is 5.90. The summed E-state index contributed by atoms with van der Waals surface area (Å²) in [5.74, 6) is 0.507. The topological polar surface area (TPSA) is 105 Å². The van der Waals surface area contributed by atoms with E-state index in [4.69, 9.17) is 5.73 Å². The van der Waals surface area contributed by atoms with Crippen LogP contribution in [0.15, 0.2) is 0 Å². The molecule has 0 aromatic heterocycles. The van der Waals surface area contributed by atoms with E-state index in [0.29, 0.717) is 24.8 Å². The SMILES string of the molecule is CNC(=O)C1CCCN1C(=O)CNC(=O)C1CC2CCCC(C1)C2N.Cl. The first kappa shape index (κ1) is 21.0. The Hall–Kier alpha value is -1.34. The Balaban J connectivity index is 0.00000243. The molecule has 0 aromatic rings. The van der Waals surface area contributed by atoms with Crippen molar-refractivity contribution in [3.8, 4) is 0 Å². The molecule has 8 heteroatoms. The predicted octanol–water partition coefficient (Wildman–Crippen LogP) is 0.415. The molecule has 3 atom stereocenters. The highest BCUT2D eigenvalue weighted by Gasteiger charge is 2.41. The van der Waals surface area contributed by atoms with Crippen molar-refractivity contribution in [1.29, 1.82) is 0 Å². The molecule has 3 fully saturated rings. The zero-order valence-corrected chi connectivity index (χ0v) is 16.2. The van der Waals surface area contributed by atoms with E-state index >= 15 is 0 Å². The standard InChI is InChI=1S/C18H30N4O3.ClH/c1-20-18(25)14-6-3-7-22(14)15(23)10-21-17(24)13-8-11-4-2-5-12(9-13)16(11)19;/h11-14,16H,2-10,19H2,1H3,(H,20,25)(H,21,24);1H. The van der Waals surface area contributed by atoms with E-state index in [-0.39, 0.29) is 48.6 Å². The number of fused-ring (bicyclic) bond motifs is 2. The number of amides is 3. The Kier molecular flexibility index (Phi) is 7.29. The predicted molar refractivity (Wildman–Crippen MR) is 101 cm³/mol. The highest BCUT2D eigenvalue weighted by Crippen LogP contribution is 2.41. The molecule has 2 saturated carbocycles. The molecule has 148 valence electrons. The van der Waals surface area contributed by atoms with Gasteiger partial charge in [0.05, 0.1) is 6.54 Å². The van der Waals surface area contributed by atoms with Gasteiger partial charge in [-0.3, -0.25) is 14.4 Å². The largest absolute Gasteiger partial charge is 0.357 e. The van der Waals surface area contributed by atoms with Gasteiger partial charge in [-0.15, -0.1) is 12.4 Å². The lowest BCUT2D eigenvalue weighted by Gasteiger charge is -2.43. The minimum atomic E-state index is -0.401. The molecule has 1 saturated heterocycles. The second-order valence-electron chi connectivity index (χ2n) is 7.77. The summed E-state index contributed by atoms with van der Waals surface area (Å²) < 4.78 is 0. The van der Waals surface area contributed by atoms with Crippen molar-refractivity contribution >= 4 is 30.1 Å². The average molecular weight is 387 g/mol. The summed E-state index contributed by atoms with van der Waals surface area (Å²) in [5, 5.41) is 5.41. The summed E-state index contributed by atoms with van der Waals surface area (Å²) in [4.78, 5) is 38.4. The number of nitrogens with two attached hydrogens (primary N) is 1. The molecule has 0 spiro atoms. The average Bonchev–Trinajstić information content (AvgIpc) is 3.08. The second-order valence-corrected chi connectivity index (χ2v) is 7.77. The van der Waals surface area contributed by atoms with Crippen molar-refractivity contribution in [1.82, 2.24) is 15.5 Å². The molecule has 2 aliphatic carbocycles. The zero-order valence-electron chi connectivity index (χ0n) is 15.4. The lowest BCUT2D eigenvalue weighted by atomic mass is 9.65. The smallest absolute Gasteiger partial charge is 0.242 e. The number of halogens is 1. The van der Waals surface area contributed by atoms with E-state index < -0.39 is 6.04 Å². The van der Waals surface area contributed by atoms with Gasteiger partial charge in [-0.1, -0.05) is 6.42 Å². The van der Waals surface area contributed by atoms with Gasteiger partial charge >= 0.3 is 0 Å². The van der Waals surface area contributed by atoms with Crippen LogP contribution in [0.2, 0.25) is 0 Å². The lowest BCUT2D eigenvalue weighted by Crippen LogP contribution is -2.51. The fraction of sp³-hybridized carbons (Fsp3) is 0.833. The zero-order chi connectivity index (χ0) is 18.0. The van der Waals surface area contributed by atoms with Gasteiger partial charge in [0.1, 0.15) is 6.04 Å². The monoisotopic (exact) mass is 386 g/mol. The first-order chi connectivity index (χ1) is 12.0. The molecule has 3 unspecified atom stereocenters. The highest BCUT2D eigenvalue weighted by atomic mass is 35.5. The molecule has 3 aliphatic rings. The van der Waals surface area contributed by atoms with E-state index in [1.165, 1.54) is 6.42 Å². The van der Waals surface area contributed by atoms with Crippen LogP contribution in [0, 0.1) is 17.8 Å². The third-order valence-electron chi connectivity index (χ3n) is 6.32. The van der Waals surface area contributed by atoms with Crippen LogP contribution < -0.4 is 16.4 Å². The molecule has 2 bridgehead atoms. The van der Waals surface area contributed by atoms with Gasteiger partial charge in [-0.2, -0.15) is 0 Å². The normalized spacial score (nSPS) is 33.2. The van der Waals surface area contributed by atoms with Crippen LogP contribution in [0.4, 0.5) is 0 Å². The number of likely N-dealkylation sites (tertiary alicyclic amines) is 1. The summed E-state index contributed by atoms with van der Waals surface area (Å²) >= 11 is 0. The summed E-state index contributed by atoms with van der Waals surface area (Å²) in [7, 11) is 1.58. The van der Waals surface area contributed by atoms with Crippen molar-refractivity contribution in [2.75, 3.05) is 20.1 Å². The number of carbonyl (C=O) groups excluding carboxylic acids is 3. The molecule has 26 heavy (non-hydrogen) atoms. The fourth-order valence-electron chi connectivity index (χ4n) is 4.92. The number of rotatable bonds is 4. The molecule has 1 aliphatic heterocycles. The number of nitrogens with one attached hydrogen (secondary N) is 2. The van der Waals surface area contributed by atoms with E-state index in [9.17, 15) is 14.4 Å². The van der Waals surface area contributed by atoms with Crippen LogP contribution in [0.3, 0.4) is 0 Å². The minimum absolute atomic E-state index is 0. The fourth-order valence-corrected chi connectivity index (χ4v) is 4.92. The summed E-state index contributed by atoms with van der Waals surface area (Å²) in [6.45, 7) is 0.555. The van der Waals surface area contributed by atoms with Gasteiger partial charge in [-0.05, 0) is 50.4 Å². The number of likely N-dealkylation sites (N-methyl/N-ethyl adjacent to an activating group) is 1. The van der Waals surface area contributed by atoms with Gasteiger partial charge in [0.15, 0.2) is 0 Å². The van der Waals surface area contributed by atoms with E-state index in [1.807, 2.05) is 0 Å². The van der Waals surface area contributed by atoms with Crippen molar-refractivity contribution in [2.45, 2.75) is 57.0 Å². The Morgan fingerprint density at radius 2 is 1.69 bits per heavy atom. The van der Waals surface area contributed by atoms with Crippen LogP contribution >= 0.6 is 12.4 Å². The Morgan fingerprint density at radius 3 is 2.31 bits per heavy atom.